The fourth-order valence-corrected chi connectivity index (χ4v) is 3.02. The molecule has 3 rings (SSSR count). The average Bonchev–Trinajstić information content (AvgIpc) is 2.99. The van der Waals surface area contributed by atoms with E-state index in [4.69, 9.17) is 5.73 Å². The Bertz CT molecular complexity index is 701. The molecule has 1 aliphatic carbocycles. The summed E-state index contributed by atoms with van der Waals surface area (Å²) in [6.07, 6.45) is 4.73. The van der Waals surface area contributed by atoms with E-state index in [0.29, 0.717) is 18.7 Å². The van der Waals surface area contributed by atoms with Crippen LogP contribution in [-0.2, 0) is 18.4 Å². The van der Waals surface area contributed by atoms with Gasteiger partial charge in [0.1, 0.15) is 12.4 Å². The number of aliphatic hydroxyl groups excluding tert-OH is 1. The number of nitrogens with two attached hydrogens (primary N) is 1. The fraction of sp³-hybridized carbons (Fsp3) is 0.533. The number of carbonyl (C=O) groups is 1. The molecule has 8 heteroatoms. The number of carbonyl (C=O) groups excluding carboxylic acids is 1. The zero-order valence-electron chi connectivity index (χ0n) is 13.3. The second-order valence-corrected chi connectivity index (χ2v) is 6.25. The Kier molecular flexibility index (Phi) is 4.08. The van der Waals surface area contributed by atoms with Crippen LogP contribution in [0.15, 0.2) is 18.5 Å². The van der Waals surface area contributed by atoms with E-state index in [0.717, 1.165) is 11.3 Å². The summed E-state index contributed by atoms with van der Waals surface area (Å²) in [6.45, 7) is 1.91. The fourth-order valence-electron chi connectivity index (χ4n) is 3.02. The first-order valence-electron chi connectivity index (χ1n) is 7.68. The maximum atomic E-state index is 12.4. The quantitative estimate of drug-likeness (QED) is 0.726. The normalized spacial score (nSPS) is 21.7. The van der Waals surface area contributed by atoms with Gasteiger partial charge in [0.15, 0.2) is 0 Å². The molecule has 23 heavy (non-hydrogen) atoms. The van der Waals surface area contributed by atoms with Crippen molar-refractivity contribution in [2.75, 3.05) is 5.73 Å². The summed E-state index contributed by atoms with van der Waals surface area (Å²) < 4.78 is 3.19. The lowest BCUT2D eigenvalue weighted by molar-refractivity contribution is -0.123. The number of amides is 1. The summed E-state index contributed by atoms with van der Waals surface area (Å²) in [7, 11) is 1.84. The van der Waals surface area contributed by atoms with Gasteiger partial charge in [-0.05, 0) is 25.7 Å². The van der Waals surface area contributed by atoms with Gasteiger partial charge in [-0.15, -0.1) is 0 Å². The zero-order chi connectivity index (χ0) is 16.6. The number of rotatable bonds is 5. The Morgan fingerprint density at radius 2 is 2.30 bits per heavy atom. The number of aromatic nitrogens is 4. The lowest BCUT2D eigenvalue weighted by Crippen LogP contribution is -2.42. The van der Waals surface area contributed by atoms with E-state index in [1.807, 2.05) is 20.2 Å². The third-order valence-electron chi connectivity index (χ3n) is 4.25. The lowest BCUT2D eigenvalue weighted by atomic mass is 9.75. The Balaban J connectivity index is 1.70. The molecular weight excluding hydrogens is 296 g/mol. The number of nitrogen functional groups attached to an aromatic ring is 1. The van der Waals surface area contributed by atoms with Gasteiger partial charge in [0.05, 0.1) is 24.0 Å². The molecule has 0 radical (unpaired) electrons. The van der Waals surface area contributed by atoms with Crippen LogP contribution in [0.3, 0.4) is 0 Å². The van der Waals surface area contributed by atoms with Crippen molar-refractivity contribution in [3.05, 3.63) is 29.7 Å². The van der Waals surface area contributed by atoms with Crippen LogP contribution in [0.4, 0.5) is 5.82 Å². The van der Waals surface area contributed by atoms with Gasteiger partial charge in [0.25, 0.3) is 0 Å². The molecule has 2 heterocycles. The summed E-state index contributed by atoms with van der Waals surface area (Å²) in [5.41, 5.74) is 7.55. The number of hydrogen-bond donors (Lipinski definition) is 3. The van der Waals surface area contributed by atoms with Gasteiger partial charge >= 0.3 is 0 Å². The summed E-state index contributed by atoms with van der Waals surface area (Å²) in [5, 5.41) is 21.0. The van der Waals surface area contributed by atoms with Gasteiger partial charge in [-0.3, -0.25) is 9.48 Å². The minimum atomic E-state index is -0.277. The highest BCUT2D eigenvalue weighted by Crippen LogP contribution is 2.37. The van der Waals surface area contributed by atoms with Gasteiger partial charge < -0.3 is 16.2 Å². The first-order chi connectivity index (χ1) is 10.9. The molecule has 2 aromatic rings. The van der Waals surface area contributed by atoms with Crippen molar-refractivity contribution in [2.45, 2.75) is 38.5 Å². The van der Waals surface area contributed by atoms with Gasteiger partial charge in [-0.2, -0.15) is 10.2 Å². The topological polar surface area (TPSA) is 111 Å². The van der Waals surface area contributed by atoms with Crippen molar-refractivity contribution in [1.29, 1.82) is 0 Å². The lowest BCUT2D eigenvalue weighted by Gasteiger charge is -2.37. The number of nitrogens with one attached hydrogen (secondary N) is 1. The van der Waals surface area contributed by atoms with Crippen molar-refractivity contribution in [3.8, 4) is 0 Å². The van der Waals surface area contributed by atoms with Gasteiger partial charge in [-0.25, -0.2) is 4.68 Å². The third-order valence-corrected chi connectivity index (χ3v) is 4.25. The van der Waals surface area contributed by atoms with Crippen LogP contribution < -0.4 is 11.1 Å². The second-order valence-electron chi connectivity index (χ2n) is 6.25. The number of anilines is 1. The van der Waals surface area contributed by atoms with Gasteiger partial charge in [-0.1, -0.05) is 0 Å². The zero-order valence-corrected chi connectivity index (χ0v) is 13.3. The minimum Gasteiger partial charge on any atom is -0.393 e. The maximum absolute atomic E-state index is 12.4. The van der Waals surface area contributed by atoms with Crippen molar-refractivity contribution >= 4 is 11.7 Å². The standard InChI is InChI=1S/C15H22N6O2/c1-9-3-13(16)21(19-9)8-14(23)18-15(10-4-12(22)5-10)11-6-17-20(2)7-11/h3,6-7,10,12,15,22H,4-5,8,16H2,1-2H3,(H,18,23)/t10?,12?,15-/m0/s1. The van der Waals surface area contributed by atoms with Crippen molar-refractivity contribution in [3.63, 3.8) is 0 Å². The molecule has 1 saturated carbocycles. The van der Waals surface area contributed by atoms with Crippen LogP contribution in [0.5, 0.6) is 0 Å². The van der Waals surface area contributed by atoms with Gasteiger partial charge in [0.2, 0.25) is 5.91 Å². The van der Waals surface area contributed by atoms with E-state index in [1.54, 1.807) is 16.9 Å². The third kappa shape index (κ3) is 3.37. The van der Waals surface area contributed by atoms with Crippen LogP contribution in [0, 0.1) is 12.8 Å². The largest absolute Gasteiger partial charge is 0.393 e. The molecule has 1 amide bonds. The van der Waals surface area contributed by atoms with E-state index in [-0.39, 0.29) is 30.5 Å². The SMILES string of the molecule is Cc1cc(N)n(CC(=O)N[C@H](c2cnn(C)c2)C2CC(O)C2)n1. The van der Waals surface area contributed by atoms with E-state index in [2.05, 4.69) is 15.5 Å². The minimum absolute atomic E-state index is 0.0751. The molecule has 0 unspecified atom stereocenters. The molecule has 0 aliphatic heterocycles. The summed E-state index contributed by atoms with van der Waals surface area (Å²) in [5.74, 6) is 0.527. The van der Waals surface area contributed by atoms with Crippen LogP contribution in [0.1, 0.15) is 30.1 Å². The Hall–Kier alpha value is -2.35. The molecule has 124 valence electrons. The average molecular weight is 318 g/mol. The molecule has 0 spiro atoms. The summed E-state index contributed by atoms with van der Waals surface area (Å²) in [4.78, 5) is 12.4. The highest BCUT2D eigenvalue weighted by atomic mass is 16.3. The number of aryl methyl sites for hydroxylation is 2. The van der Waals surface area contributed by atoms with Crippen LogP contribution in [0.2, 0.25) is 0 Å². The van der Waals surface area contributed by atoms with Crippen molar-refractivity contribution in [1.82, 2.24) is 24.9 Å². The molecule has 1 aliphatic rings. The molecule has 0 aromatic carbocycles. The van der Waals surface area contributed by atoms with Crippen LogP contribution in [0.25, 0.3) is 0 Å². The molecular formula is C15H22N6O2. The van der Waals surface area contributed by atoms with Gasteiger partial charge in [0, 0.05) is 24.9 Å². The molecule has 8 nitrogen and oxygen atoms in total. The van der Waals surface area contributed by atoms with Crippen LogP contribution >= 0.6 is 0 Å². The number of aliphatic hydroxyl groups is 1. The highest BCUT2D eigenvalue weighted by Gasteiger charge is 2.36. The summed E-state index contributed by atoms with van der Waals surface area (Å²) >= 11 is 0. The predicted octanol–water partition coefficient (Wildman–Crippen LogP) is 0.136. The number of hydrogen-bond acceptors (Lipinski definition) is 5. The predicted molar refractivity (Wildman–Crippen MR) is 84.2 cm³/mol. The molecule has 4 N–H and O–H groups in total. The van der Waals surface area contributed by atoms with Crippen molar-refractivity contribution in [2.24, 2.45) is 13.0 Å². The van der Waals surface area contributed by atoms with Crippen molar-refractivity contribution < 1.29 is 9.90 Å². The number of nitrogens with zero attached hydrogens (tertiary/aromatic N) is 4. The monoisotopic (exact) mass is 318 g/mol. The Morgan fingerprint density at radius 1 is 1.57 bits per heavy atom. The Morgan fingerprint density at radius 3 is 2.83 bits per heavy atom. The molecule has 0 saturated heterocycles. The second kappa shape index (κ2) is 6.04. The molecule has 1 atom stereocenters. The Labute approximate surface area is 134 Å². The van der Waals surface area contributed by atoms with E-state index < -0.39 is 0 Å². The van der Waals surface area contributed by atoms with E-state index >= 15 is 0 Å². The smallest absolute Gasteiger partial charge is 0.242 e. The molecule has 0 bridgehead atoms. The highest BCUT2D eigenvalue weighted by molar-refractivity contribution is 5.76. The first kappa shape index (κ1) is 15.5. The van der Waals surface area contributed by atoms with E-state index in [9.17, 15) is 9.90 Å². The van der Waals surface area contributed by atoms with Crippen LogP contribution in [-0.4, -0.2) is 36.7 Å². The first-order valence-corrected chi connectivity index (χ1v) is 7.68. The molecule has 1 fully saturated rings. The molecule has 2 aromatic heterocycles. The summed E-state index contributed by atoms with van der Waals surface area (Å²) in [6, 6.07) is 1.58. The van der Waals surface area contributed by atoms with E-state index in [1.165, 1.54) is 4.68 Å². The maximum Gasteiger partial charge on any atom is 0.242 e.